The summed E-state index contributed by atoms with van der Waals surface area (Å²) in [5, 5.41) is 12.8. The molecule has 0 saturated carbocycles. The van der Waals surface area contributed by atoms with Gasteiger partial charge in [0, 0.05) is 5.41 Å². The van der Waals surface area contributed by atoms with Gasteiger partial charge in [-0.1, -0.05) is 32.9 Å². The molecule has 2 rings (SSSR count). The summed E-state index contributed by atoms with van der Waals surface area (Å²) >= 11 is 0. The molecule has 0 radical (unpaired) electrons. The third-order valence-electron chi connectivity index (χ3n) is 3.02. The van der Waals surface area contributed by atoms with Crippen molar-refractivity contribution in [3.05, 3.63) is 47.3 Å². The summed E-state index contributed by atoms with van der Waals surface area (Å²) in [6.07, 6.45) is -4.52. The average molecular weight is 293 g/mol. The highest BCUT2D eigenvalue weighted by Crippen LogP contribution is 2.34. The van der Waals surface area contributed by atoms with E-state index in [0.29, 0.717) is 11.4 Å². The van der Waals surface area contributed by atoms with Gasteiger partial charge in [-0.3, -0.25) is 0 Å². The van der Waals surface area contributed by atoms with Crippen molar-refractivity contribution in [3.8, 4) is 11.8 Å². The lowest BCUT2D eigenvalue weighted by molar-refractivity contribution is -0.141. The number of halogens is 3. The summed E-state index contributed by atoms with van der Waals surface area (Å²) in [5.74, 6) is 0. The van der Waals surface area contributed by atoms with E-state index in [1.165, 1.54) is 4.68 Å². The van der Waals surface area contributed by atoms with Crippen LogP contribution < -0.4 is 0 Å². The van der Waals surface area contributed by atoms with Crippen molar-refractivity contribution >= 4 is 0 Å². The Morgan fingerprint density at radius 2 is 1.76 bits per heavy atom. The fourth-order valence-corrected chi connectivity index (χ4v) is 1.99. The van der Waals surface area contributed by atoms with Crippen LogP contribution in [0, 0.1) is 11.3 Å². The van der Waals surface area contributed by atoms with E-state index in [2.05, 4.69) is 5.10 Å². The maximum Gasteiger partial charge on any atom is 0.435 e. The Bertz CT molecular complexity index is 700. The van der Waals surface area contributed by atoms with E-state index in [9.17, 15) is 13.2 Å². The van der Waals surface area contributed by atoms with Gasteiger partial charge < -0.3 is 0 Å². The van der Waals surface area contributed by atoms with Gasteiger partial charge in [-0.05, 0) is 18.2 Å². The topological polar surface area (TPSA) is 41.6 Å². The zero-order valence-corrected chi connectivity index (χ0v) is 11.9. The Morgan fingerprint density at radius 3 is 2.29 bits per heavy atom. The molecule has 110 valence electrons. The van der Waals surface area contributed by atoms with Crippen molar-refractivity contribution < 1.29 is 13.2 Å². The maximum absolute atomic E-state index is 12.9. The number of para-hydroxylation sites is 1. The highest BCUT2D eigenvalue weighted by molar-refractivity contribution is 5.49. The Morgan fingerprint density at radius 1 is 1.14 bits per heavy atom. The van der Waals surface area contributed by atoms with Gasteiger partial charge >= 0.3 is 6.18 Å². The van der Waals surface area contributed by atoms with Crippen LogP contribution in [0.25, 0.3) is 5.69 Å². The normalized spacial score (nSPS) is 12.2. The molecule has 3 nitrogen and oxygen atoms in total. The smallest absolute Gasteiger partial charge is 0.235 e. The fraction of sp³-hybridized carbons (Fsp3) is 0.333. The molecular weight excluding hydrogens is 279 g/mol. The van der Waals surface area contributed by atoms with Crippen molar-refractivity contribution in [3.63, 3.8) is 0 Å². The first kappa shape index (κ1) is 15.1. The quantitative estimate of drug-likeness (QED) is 0.795. The van der Waals surface area contributed by atoms with Gasteiger partial charge in [0.05, 0.1) is 16.9 Å². The maximum atomic E-state index is 12.9. The van der Waals surface area contributed by atoms with Gasteiger partial charge in [-0.2, -0.15) is 23.5 Å². The molecule has 0 fully saturated rings. The van der Waals surface area contributed by atoms with E-state index in [4.69, 9.17) is 5.26 Å². The minimum Gasteiger partial charge on any atom is -0.235 e. The molecule has 1 heterocycles. The van der Waals surface area contributed by atoms with Crippen LogP contribution in [-0.2, 0) is 11.6 Å². The third-order valence-corrected chi connectivity index (χ3v) is 3.02. The lowest BCUT2D eigenvalue weighted by atomic mass is 9.91. The van der Waals surface area contributed by atoms with Crippen molar-refractivity contribution in [2.45, 2.75) is 32.4 Å². The summed E-state index contributed by atoms with van der Waals surface area (Å²) in [6, 6.07) is 9.48. The summed E-state index contributed by atoms with van der Waals surface area (Å²) in [5.41, 5.74) is -0.475. The zero-order valence-electron chi connectivity index (χ0n) is 11.9. The molecule has 6 heteroatoms. The van der Waals surface area contributed by atoms with Gasteiger partial charge in [0.1, 0.15) is 6.07 Å². The third kappa shape index (κ3) is 2.92. The Balaban J connectivity index is 2.74. The molecule has 1 aromatic carbocycles. The second kappa shape index (κ2) is 4.92. The first-order valence-electron chi connectivity index (χ1n) is 6.32. The first-order chi connectivity index (χ1) is 9.64. The molecular formula is C15H14F3N3. The number of hydrogen-bond acceptors (Lipinski definition) is 2. The number of benzene rings is 1. The predicted octanol–water partition coefficient (Wildman–Crippen LogP) is 4.06. The van der Waals surface area contributed by atoms with E-state index in [1.807, 2.05) is 6.07 Å². The number of aromatic nitrogens is 2. The summed E-state index contributed by atoms with van der Waals surface area (Å²) in [6.45, 7) is 5.40. The molecule has 1 aromatic heterocycles. The molecule has 0 unspecified atom stereocenters. The molecule has 0 spiro atoms. The van der Waals surface area contributed by atoms with E-state index < -0.39 is 17.3 Å². The van der Waals surface area contributed by atoms with E-state index in [1.54, 1.807) is 45.0 Å². The number of nitrogens with zero attached hydrogens (tertiary/aromatic N) is 3. The number of nitriles is 1. The Hall–Kier alpha value is -2.29. The minimum absolute atomic E-state index is 0.278. The van der Waals surface area contributed by atoms with E-state index in [0.717, 1.165) is 6.07 Å². The molecule has 0 aliphatic rings. The molecule has 0 saturated heterocycles. The average Bonchev–Trinajstić information content (AvgIpc) is 2.83. The highest BCUT2D eigenvalue weighted by Gasteiger charge is 2.37. The second-order valence-corrected chi connectivity index (χ2v) is 5.70. The predicted molar refractivity (Wildman–Crippen MR) is 72.0 cm³/mol. The molecule has 0 aliphatic heterocycles. The van der Waals surface area contributed by atoms with Gasteiger partial charge in [0.25, 0.3) is 0 Å². The largest absolute Gasteiger partial charge is 0.435 e. The molecule has 2 aromatic rings. The Labute approximate surface area is 120 Å². The molecule has 0 N–H and O–H groups in total. The van der Waals surface area contributed by atoms with Crippen LogP contribution in [0.3, 0.4) is 0 Å². The first-order valence-corrected chi connectivity index (χ1v) is 6.32. The van der Waals surface area contributed by atoms with Crippen LogP contribution in [0.15, 0.2) is 30.3 Å². The molecule has 21 heavy (non-hydrogen) atoms. The van der Waals surface area contributed by atoms with Crippen molar-refractivity contribution in [2.24, 2.45) is 0 Å². The summed E-state index contributed by atoms with van der Waals surface area (Å²) < 4.78 is 40.0. The number of rotatable bonds is 1. The zero-order chi connectivity index (χ0) is 15.8. The molecule has 0 amide bonds. The standard InChI is InChI=1S/C15H14F3N3/c1-14(2,3)13-8-12(15(16,17)18)20-21(13)11-7-5-4-6-10(11)9-19/h4-8H,1-3H3. The van der Waals surface area contributed by atoms with Crippen LogP contribution in [0.1, 0.15) is 37.7 Å². The monoisotopic (exact) mass is 293 g/mol. The van der Waals surface area contributed by atoms with Gasteiger partial charge in [-0.15, -0.1) is 0 Å². The molecule has 0 bridgehead atoms. The van der Waals surface area contributed by atoms with Crippen LogP contribution in [-0.4, -0.2) is 9.78 Å². The molecule has 0 aliphatic carbocycles. The number of alkyl halides is 3. The van der Waals surface area contributed by atoms with Gasteiger partial charge in [0.15, 0.2) is 5.69 Å². The SMILES string of the molecule is CC(C)(C)c1cc(C(F)(F)F)nn1-c1ccccc1C#N. The van der Waals surface area contributed by atoms with Crippen molar-refractivity contribution in [1.29, 1.82) is 5.26 Å². The van der Waals surface area contributed by atoms with Crippen LogP contribution >= 0.6 is 0 Å². The second-order valence-electron chi connectivity index (χ2n) is 5.70. The molecule has 0 atom stereocenters. The van der Waals surface area contributed by atoms with Crippen LogP contribution in [0.4, 0.5) is 13.2 Å². The van der Waals surface area contributed by atoms with Crippen molar-refractivity contribution in [2.75, 3.05) is 0 Å². The lowest BCUT2D eigenvalue weighted by Crippen LogP contribution is -2.18. The fourth-order valence-electron chi connectivity index (χ4n) is 1.99. The lowest BCUT2D eigenvalue weighted by Gasteiger charge is -2.20. The summed E-state index contributed by atoms with van der Waals surface area (Å²) in [7, 11) is 0. The van der Waals surface area contributed by atoms with E-state index >= 15 is 0 Å². The number of hydrogen-bond donors (Lipinski definition) is 0. The summed E-state index contributed by atoms with van der Waals surface area (Å²) in [4.78, 5) is 0. The Kier molecular flexibility index (Phi) is 3.54. The van der Waals surface area contributed by atoms with Crippen LogP contribution in [0.5, 0.6) is 0 Å². The van der Waals surface area contributed by atoms with Crippen molar-refractivity contribution in [1.82, 2.24) is 9.78 Å². The highest BCUT2D eigenvalue weighted by atomic mass is 19.4. The van der Waals surface area contributed by atoms with E-state index in [-0.39, 0.29) is 5.56 Å². The van der Waals surface area contributed by atoms with Gasteiger partial charge in [0.2, 0.25) is 0 Å². The minimum atomic E-state index is -4.52. The van der Waals surface area contributed by atoms with Crippen LogP contribution in [0.2, 0.25) is 0 Å². The van der Waals surface area contributed by atoms with Gasteiger partial charge in [-0.25, -0.2) is 4.68 Å².